The SMILES string of the molecule is CCCCOc1cc(F)ccc1-c1cnc2cncc(N3CCC(O)CC3)n12. The molecule has 0 atom stereocenters. The lowest BCUT2D eigenvalue weighted by Crippen LogP contribution is -2.36. The van der Waals surface area contributed by atoms with Crippen molar-refractivity contribution in [3.8, 4) is 17.0 Å². The third kappa shape index (κ3) is 3.67. The molecule has 1 aliphatic heterocycles. The van der Waals surface area contributed by atoms with Gasteiger partial charge in [-0.25, -0.2) is 9.37 Å². The van der Waals surface area contributed by atoms with E-state index in [4.69, 9.17) is 4.74 Å². The minimum absolute atomic E-state index is 0.249. The van der Waals surface area contributed by atoms with E-state index in [9.17, 15) is 9.50 Å². The van der Waals surface area contributed by atoms with Gasteiger partial charge in [-0.15, -0.1) is 0 Å². The first kappa shape index (κ1) is 18.7. The summed E-state index contributed by atoms with van der Waals surface area (Å²) < 4.78 is 21.8. The molecule has 1 fully saturated rings. The Kier molecular flexibility index (Phi) is 5.43. The van der Waals surface area contributed by atoms with Crippen LogP contribution in [0.3, 0.4) is 0 Å². The van der Waals surface area contributed by atoms with E-state index in [2.05, 4.69) is 21.8 Å². The lowest BCUT2D eigenvalue weighted by Gasteiger charge is -2.31. The molecule has 28 heavy (non-hydrogen) atoms. The molecule has 1 N–H and O–H groups in total. The highest BCUT2D eigenvalue weighted by Gasteiger charge is 2.22. The summed E-state index contributed by atoms with van der Waals surface area (Å²) in [5.41, 5.74) is 2.36. The molecule has 3 aromatic rings. The number of unbranched alkanes of at least 4 members (excludes halogenated alkanes) is 1. The average Bonchev–Trinajstić information content (AvgIpc) is 3.13. The second kappa shape index (κ2) is 8.14. The first-order chi connectivity index (χ1) is 13.7. The first-order valence-corrected chi connectivity index (χ1v) is 9.84. The third-order valence-electron chi connectivity index (χ3n) is 5.16. The molecular formula is C21H25FN4O2. The van der Waals surface area contributed by atoms with E-state index in [0.717, 1.165) is 61.5 Å². The molecule has 4 rings (SSSR count). The van der Waals surface area contributed by atoms with Gasteiger partial charge in [0.25, 0.3) is 0 Å². The fourth-order valence-corrected chi connectivity index (χ4v) is 3.59. The number of aliphatic hydroxyl groups is 1. The van der Waals surface area contributed by atoms with Gasteiger partial charge in [0.2, 0.25) is 0 Å². The lowest BCUT2D eigenvalue weighted by atomic mass is 10.1. The van der Waals surface area contributed by atoms with Gasteiger partial charge in [-0.05, 0) is 31.4 Å². The number of benzene rings is 1. The average molecular weight is 384 g/mol. The van der Waals surface area contributed by atoms with Crippen LogP contribution in [-0.2, 0) is 0 Å². The normalized spacial score (nSPS) is 15.3. The van der Waals surface area contributed by atoms with Gasteiger partial charge in [-0.3, -0.25) is 9.38 Å². The Morgan fingerprint density at radius 3 is 2.82 bits per heavy atom. The number of imidazole rings is 1. The van der Waals surface area contributed by atoms with Crippen LogP contribution in [0.1, 0.15) is 32.6 Å². The highest BCUT2D eigenvalue weighted by atomic mass is 19.1. The van der Waals surface area contributed by atoms with Crippen LogP contribution in [0.4, 0.5) is 10.2 Å². The Balaban J connectivity index is 1.78. The molecule has 2 aromatic heterocycles. The summed E-state index contributed by atoms with van der Waals surface area (Å²) >= 11 is 0. The molecule has 1 saturated heterocycles. The molecule has 7 heteroatoms. The van der Waals surface area contributed by atoms with Crippen molar-refractivity contribution in [3.05, 3.63) is 42.6 Å². The molecule has 0 bridgehead atoms. The molecule has 0 amide bonds. The lowest BCUT2D eigenvalue weighted by molar-refractivity contribution is 0.145. The van der Waals surface area contributed by atoms with Crippen molar-refractivity contribution >= 4 is 11.5 Å². The Morgan fingerprint density at radius 1 is 1.21 bits per heavy atom. The monoisotopic (exact) mass is 384 g/mol. The van der Waals surface area contributed by atoms with Gasteiger partial charge in [-0.2, -0.15) is 0 Å². The minimum atomic E-state index is -0.323. The second-order valence-electron chi connectivity index (χ2n) is 7.16. The van der Waals surface area contributed by atoms with Crippen molar-refractivity contribution in [2.45, 2.75) is 38.7 Å². The number of nitrogens with zero attached hydrogens (tertiary/aromatic N) is 4. The van der Waals surface area contributed by atoms with Crippen molar-refractivity contribution < 1.29 is 14.2 Å². The number of halogens is 1. The van der Waals surface area contributed by atoms with Gasteiger partial charge < -0.3 is 14.7 Å². The van der Waals surface area contributed by atoms with Crippen LogP contribution in [0.5, 0.6) is 5.75 Å². The van der Waals surface area contributed by atoms with Gasteiger partial charge in [-0.1, -0.05) is 13.3 Å². The van der Waals surface area contributed by atoms with Gasteiger partial charge in [0.05, 0.1) is 37.0 Å². The van der Waals surface area contributed by atoms with Gasteiger partial charge in [0, 0.05) is 24.7 Å². The maximum absolute atomic E-state index is 13.9. The van der Waals surface area contributed by atoms with E-state index in [0.29, 0.717) is 12.4 Å². The van der Waals surface area contributed by atoms with Gasteiger partial charge in [0.15, 0.2) is 5.65 Å². The van der Waals surface area contributed by atoms with Crippen molar-refractivity contribution in [3.63, 3.8) is 0 Å². The Morgan fingerprint density at radius 2 is 2.04 bits per heavy atom. The van der Waals surface area contributed by atoms with E-state index >= 15 is 0 Å². The topological polar surface area (TPSA) is 62.9 Å². The van der Waals surface area contributed by atoms with E-state index in [1.54, 1.807) is 18.5 Å². The Labute approximate surface area is 163 Å². The highest BCUT2D eigenvalue weighted by molar-refractivity contribution is 5.72. The van der Waals surface area contributed by atoms with Crippen LogP contribution in [0.2, 0.25) is 0 Å². The molecule has 1 aliphatic rings. The molecule has 148 valence electrons. The van der Waals surface area contributed by atoms with Crippen LogP contribution in [0.25, 0.3) is 16.9 Å². The standard InChI is InChI=1S/C21H25FN4O2/c1-2-3-10-28-19-11-15(22)4-5-17(19)18-12-24-20-13-23-14-21(26(18)20)25-8-6-16(27)7-9-25/h4-5,11-14,16,27H,2-3,6-10H2,1H3. The predicted octanol–water partition coefficient (Wildman–Crippen LogP) is 3.68. The van der Waals surface area contributed by atoms with Gasteiger partial charge in [0.1, 0.15) is 17.4 Å². The number of hydrogen-bond acceptors (Lipinski definition) is 5. The third-order valence-corrected chi connectivity index (χ3v) is 5.16. The molecule has 1 aromatic carbocycles. The van der Waals surface area contributed by atoms with Gasteiger partial charge >= 0.3 is 0 Å². The number of aromatic nitrogens is 3. The summed E-state index contributed by atoms with van der Waals surface area (Å²) in [6.07, 6.45) is 8.43. The molecule has 0 saturated carbocycles. The zero-order chi connectivity index (χ0) is 19.5. The van der Waals surface area contributed by atoms with Crippen molar-refractivity contribution in [2.75, 3.05) is 24.6 Å². The number of anilines is 1. The number of ether oxygens (including phenoxy) is 1. The van der Waals surface area contributed by atoms with Crippen LogP contribution < -0.4 is 9.64 Å². The molecule has 0 aliphatic carbocycles. The molecule has 0 radical (unpaired) electrons. The van der Waals surface area contributed by atoms with Crippen LogP contribution in [-0.4, -0.2) is 45.3 Å². The largest absolute Gasteiger partial charge is 0.493 e. The number of hydrogen-bond donors (Lipinski definition) is 1. The Hall–Kier alpha value is -2.67. The summed E-state index contributed by atoms with van der Waals surface area (Å²) in [5.74, 6) is 1.11. The van der Waals surface area contributed by atoms with Crippen molar-refractivity contribution in [1.82, 2.24) is 14.4 Å². The zero-order valence-corrected chi connectivity index (χ0v) is 16.0. The molecule has 6 nitrogen and oxygen atoms in total. The maximum atomic E-state index is 13.9. The number of rotatable bonds is 6. The smallest absolute Gasteiger partial charge is 0.157 e. The van der Waals surface area contributed by atoms with E-state index in [1.165, 1.54) is 12.1 Å². The Bertz CT molecular complexity index is 951. The van der Waals surface area contributed by atoms with E-state index in [1.807, 2.05) is 10.6 Å². The fourth-order valence-electron chi connectivity index (χ4n) is 3.59. The second-order valence-corrected chi connectivity index (χ2v) is 7.16. The fraction of sp³-hybridized carbons (Fsp3) is 0.429. The van der Waals surface area contributed by atoms with E-state index < -0.39 is 0 Å². The van der Waals surface area contributed by atoms with Crippen LogP contribution >= 0.6 is 0 Å². The first-order valence-electron chi connectivity index (χ1n) is 9.84. The molecular weight excluding hydrogens is 359 g/mol. The highest BCUT2D eigenvalue weighted by Crippen LogP contribution is 2.34. The summed E-state index contributed by atoms with van der Waals surface area (Å²) in [4.78, 5) is 11.0. The maximum Gasteiger partial charge on any atom is 0.157 e. The number of piperidine rings is 1. The minimum Gasteiger partial charge on any atom is -0.493 e. The number of aliphatic hydroxyl groups excluding tert-OH is 1. The van der Waals surface area contributed by atoms with Crippen LogP contribution in [0.15, 0.2) is 36.8 Å². The summed E-state index contributed by atoms with van der Waals surface area (Å²) in [6.45, 7) is 4.14. The molecule has 0 unspecified atom stereocenters. The summed E-state index contributed by atoms with van der Waals surface area (Å²) in [7, 11) is 0. The van der Waals surface area contributed by atoms with Crippen molar-refractivity contribution in [1.29, 1.82) is 0 Å². The quantitative estimate of drug-likeness (QED) is 0.657. The zero-order valence-electron chi connectivity index (χ0n) is 16.0. The van der Waals surface area contributed by atoms with Crippen molar-refractivity contribution in [2.24, 2.45) is 0 Å². The van der Waals surface area contributed by atoms with E-state index in [-0.39, 0.29) is 11.9 Å². The summed E-state index contributed by atoms with van der Waals surface area (Å²) in [6, 6.07) is 4.62. The molecule has 0 spiro atoms. The summed E-state index contributed by atoms with van der Waals surface area (Å²) in [5, 5.41) is 9.83. The van der Waals surface area contributed by atoms with Crippen LogP contribution in [0, 0.1) is 5.82 Å². The number of fused-ring (bicyclic) bond motifs is 1. The predicted molar refractivity (Wildman–Crippen MR) is 106 cm³/mol. The molecule has 3 heterocycles.